The lowest BCUT2D eigenvalue weighted by atomic mass is 10.1. The van der Waals surface area contributed by atoms with Crippen LogP contribution in [0.15, 0.2) is 23.8 Å². The van der Waals surface area contributed by atoms with E-state index >= 15 is 0 Å². The Labute approximate surface area is 112 Å². The third-order valence-corrected chi connectivity index (χ3v) is 2.65. The predicted octanol–water partition coefficient (Wildman–Crippen LogP) is 2.37. The van der Waals surface area contributed by atoms with Crippen LogP contribution in [-0.4, -0.2) is 18.4 Å². The van der Waals surface area contributed by atoms with E-state index in [0.29, 0.717) is 5.02 Å². The first-order valence-corrected chi connectivity index (χ1v) is 5.62. The topological polar surface area (TPSA) is 55.4 Å². The summed E-state index contributed by atoms with van der Waals surface area (Å²) in [6, 6.07) is 4.04. The second-order valence-electron chi connectivity index (χ2n) is 3.78. The van der Waals surface area contributed by atoms with Gasteiger partial charge in [-0.05, 0) is 24.3 Å². The number of hydrogen-bond acceptors (Lipinski definition) is 3. The lowest BCUT2D eigenvalue weighted by Gasteiger charge is -2.08. The molecule has 7 heteroatoms. The van der Waals surface area contributed by atoms with E-state index in [4.69, 9.17) is 11.6 Å². The first-order valence-electron chi connectivity index (χ1n) is 5.25. The van der Waals surface area contributed by atoms with Gasteiger partial charge >= 0.3 is 6.61 Å². The molecule has 100 valence electrons. The van der Waals surface area contributed by atoms with Crippen molar-refractivity contribution in [3.05, 3.63) is 34.4 Å². The molecule has 0 unspecified atom stereocenters. The molecule has 4 nitrogen and oxygen atoms in total. The molecule has 1 aromatic carbocycles. The number of carbonyl (C=O) groups is 2. The number of alkyl halides is 2. The van der Waals surface area contributed by atoms with Gasteiger partial charge in [0.15, 0.2) is 0 Å². The largest absolute Gasteiger partial charge is 0.434 e. The van der Waals surface area contributed by atoms with Crippen LogP contribution in [0.4, 0.5) is 8.78 Å². The number of amides is 2. The van der Waals surface area contributed by atoms with Crippen LogP contribution in [0.1, 0.15) is 12.0 Å². The molecule has 0 saturated carbocycles. The van der Waals surface area contributed by atoms with Gasteiger partial charge in [-0.1, -0.05) is 11.6 Å². The van der Waals surface area contributed by atoms with Crippen LogP contribution >= 0.6 is 11.6 Å². The highest BCUT2D eigenvalue weighted by atomic mass is 35.5. The van der Waals surface area contributed by atoms with Crippen molar-refractivity contribution in [3.63, 3.8) is 0 Å². The van der Waals surface area contributed by atoms with Crippen LogP contribution in [0.2, 0.25) is 5.02 Å². The Bertz CT molecular complexity index is 572. The predicted molar refractivity (Wildman–Crippen MR) is 63.8 cm³/mol. The van der Waals surface area contributed by atoms with E-state index in [9.17, 15) is 18.4 Å². The molecule has 1 saturated heterocycles. The summed E-state index contributed by atoms with van der Waals surface area (Å²) in [5, 5.41) is 2.40. The fourth-order valence-electron chi connectivity index (χ4n) is 1.64. The van der Waals surface area contributed by atoms with E-state index in [-0.39, 0.29) is 23.3 Å². The molecule has 1 aromatic rings. The van der Waals surface area contributed by atoms with Crippen LogP contribution in [0, 0.1) is 0 Å². The summed E-state index contributed by atoms with van der Waals surface area (Å²) in [6.07, 6.45) is 1.21. The SMILES string of the molecule is O=C1CC(=Cc2cc(Cl)ccc2OC(F)F)C(=O)N1. The Hall–Kier alpha value is -1.95. The molecular formula is C12H8ClF2NO3. The molecule has 0 radical (unpaired) electrons. The highest BCUT2D eigenvalue weighted by Crippen LogP contribution is 2.28. The average molecular weight is 288 g/mol. The number of nitrogens with one attached hydrogen (secondary N) is 1. The lowest BCUT2D eigenvalue weighted by molar-refractivity contribution is -0.124. The molecule has 1 N–H and O–H groups in total. The molecule has 2 amide bonds. The van der Waals surface area contributed by atoms with Crippen molar-refractivity contribution < 1.29 is 23.1 Å². The Balaban J connectivity index is 2.38. The molecule has 0 aliphatic carbocycles. The van der Waals surface area contributed by atoms with Crippen LogP contribution < -0.4 is 10.1 Å². The summed E-state index contributed by atoms with van der Waals surface area (Å²) >= 11 is 5.76. The molecular weight excluding hydrogens is 280 g/mol. The summed E-state index contributed by atoms with van der Waals surface area (Å²) in [6.45, 7) is -2.99. The molecule has 0 bridgehead atoms. The van der Waals surface area contributed by atoms with Gasteiger partial charge in [0.25, 0.3) is 5.91 Å². The van der Waals surface area contributed by atoms with Gasteiger partial charge < -0.3 is 4.74 Å². The summed E-state index contributed by atoms with van der Waals surface area (Å²) in [7, 11) is 0. The lowest BCUT2D eigenvalue weighted by Crippen LogP contribution is -2.19. The fourth-order valence-corrected chi connectivity index (χ4v) is 1.82. The van der Waals surface area contributed by atoms with Crippen molar-refractivity contribution >= 4 is 29.5 Å². The van der Waals surface area contributed by atoms with E-state index in [1.54, 1.807) is 0 Å². The highest BCUT2D eigenvalue weighted by Gasteiger charge is 2.24. The zero-order valence-corrected chi connectivity index (χ0v) is 10.2. The molecule has 1 heterocycles. The molecule has 19 heavy (non-hydrogen) atoms. The molecule has 0 aromatic heterocycles. The van der Waals surface area contributed by atoms with Gasteiger partial charge in [0.1, 0.15) is 5.75 Å². The van der Waals surface area contributed by atoms with Crippen LogP contribution in [0.5, 0.6) is 5.75 Å². The number of carbonyl (C=O) groups excluding carboxylic acids is 2. The van der Waals surface area contributed by atoms with Crippen LogP contribution in [0.25, 0.3) is 6.08 Å². The zero-order chi connectivity index (χ0) is 14.0. The minimum Gasteiger partial charge on any atom is -0.434 e. The van der Waals surface area contributed by atoms with Crippen molar-refractivity contribution in [2.45, 2.75) is 13.0 Å². The second-order valence-corrected chi connectivity index (χ2v) is 4.22. The maximum Gasteiger partial charge on any atom is 0.387 e. The summed E-state index contributed by atoms with van der Waals surface area (Å²) in [4.78, 5) is 22.4. The van der Waals surface area contributed by atoms with E-state index in [2.05, 4.69) is 10.1 Å². The maximum atomic E-state index is 12.2. The Morgan fingerprint density at radius 3 is 2.68 bits per heavy atom. The molecule has 1 aliphatic heterocycles. The molecule has 1 aliphatic rings. The number of halogens is 3. The maximum absolute atomic E-state index is 12.2. The standard InChI is InChI=1S/C12H8ClF2NO3/c13-8-1-2-9(19-12(14)15)6(4-8)3-7-5-10(17)16-11(7)18/h1-4,12H,5H2,(H,16,17,18). The van der Waals surface area contributed by atoms with Gasteiger partial charge in [-0.2, -0.15) is 8.78 Å². The Morgan fingerprint density at radius 2 is 2.11 bits per heavy atom. The smallest absolute Gasteiger partial charge is 0.387 e. The number of hydrogen-bond donors (Lipinski definition) is 1. The normalized spacial score (nSPS) is 17.2. The summed E-state index contributed by atoms with van der Waals surface area (Å²) in [5.41, 5.74) is 0.388. The quantitative estimate of drug-likeness (QED) is 0.686. The first kappa shape index (κ1) is 13.5. The third-order valence-electron chi connectivity index (χ3n) is 2.41. The number of benzene rings is 1. The molecule has 2 rings (SSSR count). The Morgan fingerprint density at radius 1 is 1.37 bits per heavy atom. The highest BCUT2D eigenvalue weighted by molar-refractivity contribution is 6.30. The van der Waals surface area contributed by atoms with Crippen molar-refractivity contribution in [2.24, 2.45) is 0 Å². The van der Waals surface area contributed by atoms with Crippen molar-refractivity contribution in [1.82, 2.24) is 5.32 Å². The van der Waals surface area contributed by atoms with Gasteiger partial charge in [-0.3, -0.25) is 14.9 Å². The summed E-state index contributed by atoms with van der Waals surface area (Å²) in [5.74, 6) is -1.10. The average Bonchev–Trinajstić information content (AvgIpc) is 2.61. The number of imide groups is 1. The van der Waals surface area contributed by atoms with E-state index in [1.807, 2.05) is 0 Å². The van der Waals surface area contributed by atoms with Gasteiger partial charge in [0.2, 0.25) is 5.91 Å². The van der Waals surface area contributed by atoms with Gasteiger partial charge in [0, 0.05) is 16.2 Å². The van der Waals surface area contributed by atoms with E-state index < -0.39 is 18.4 Å². The fraction of sp³-hybridized carbons (Fsp3) is 0.167. The van der Waals surface area contributed by atoms with Gasteiger partial charge in [0.05, 0.1) is 6.42 Å². The molecule has 0 spiro atoms. The van der Waals surface area contributed by atoms with Crippen molar-refractivity contribution in [1.29, 1.82) is 0 Å². The van der Waals surface area contributed by atoms with Crippen molar-refractivity contribution in [2.75, 3.05) is 0 Å². The zero-order valence-electron chi connectivity index (χ0n) is 9.45. The molecule has 0 atom stereocenters. The third kappa shape index (κ3) is 3.29. The van der Waals surface area contributed by atoms with E-state index in [0.717, 1.165) is 0 Å². The minimum atomic E-state index is -2.99. The van der Waals surface area contributed by atoms with Gasteiger partial charge in [-0.15, -0.1) is 0 Å². The van der Waals surface area contributed by atoms with Crippen molar-refractivity contribution in [3.8, 4) is 5.75 Å². The van der Waals surface area contributed by atoms with Crippen LogP contribution in [-0.2, 0) is 9.59 Å². The monoisotopic (exact) mass is 287 g/mol. The first-order chi connectivity index (χ1) is 8.95. The van der Waals surface area contributed by atoms with Crippen LogP contribution in [0.3, 0.4) is 0 Å². The number of rotatable bonds is 3. The van der Waals surface area contributed by atoms with Gasteiger partial charge in [-0.25, -0.2) is 0 Å². The summed E-state index contributed by atoms with van der Waals surface area (Å²) < 4.78 is 28.8. The van der Waals surface area contributed by atoms with E-state index in [1.165, 1.54) is 24.3 Å². The second kappa shape index (κ2) is 5.36. The minimum absolute atomic E-state index is 0.0978. The molecule has 1 fully saturated rings. The Kier molecular flexibility index (Phi) is 3.80. The number of ether oxygens (including phenoxy) is 1.